The number of ether oxygens (including phenoxy) is 5. The highest BCUT2D eigenvalue weighted by atomic mass is 16.6. The summed E-state index contributed by atoms with van der Waals surface area (Å²) in [5.74, 6) is -1.88. The van der Waals surface area contributed by atoms with Gasteiger partial charge < -0.3 is 28.1 Å². The molecule has 10 heteroatoms. The second kappa shape index (κ2) is 9.43. The number of rotatable bonds is 6. The third-order valence-corrected chi connectivity index (χ3v) is 4.30. The Bertz CT molecular complexity index is 1320. The predicted molar refractivity (Wildman–Crippen MR) is 115 cm³/mol. The summed E-state index contributed by atoms with van der Waals surface area (Å²) in [6, 6.07) is 7.07. The van der Waals surface area contributed by atoms with Crippen LogP contribution in [-0.4, -0.2) is 32.1 Å². The van der Waals surface area contributed by atoms with Gasteiger partial charge in [-0.1, -0.05) is 0 Å². The van der Waals surface area contributed by atoms with Gasteiger partial charge in [0.2, 0.25) is 5.75 Å². The normalized spacial score (nSPS) is 10.5. The van der Waals surface area contributed by atoms with E-state index < -0.39 is 23.3 Å². The van der Waals surface area contributed by atoms with Crippen molar-refractivity contribution in [3.63, 3.8) is 0 Å². The molecule has 0 aliphatic carbocycles. The second-order valence-corrected chi connectivity index (χ2v) is 6.73. The quantitative estimate of drug-likeness (QED) is 0.403. The lowest BCUT2D eigenvalue weighted by Gasteiger charge is -2.15. The first-order valence-electron chi connectivity index (χ1n) is 9.57. The maximum absolute atomic E-state index is 13.0. The number of hydrogen-bond acceptors (Lipinski definition) is 10. The van der Waals surface area contributed by atoms with Crippen LogP contribution in [0, 0.1) is 0 Å². The summed E-state index contributed by atoms with van der Waals surface area (Å²) in [4.78, 5) is 47.7. The average molecular weight is 456 g/mol. The summed E-state index contributed by atoms with van der Waals surface area (Å²) in [7, 11) is 2.68. The molecule has 0 amide bonds. The van der Waals surface area contributed by atoms with Crippen LogP contribution in [0.5, 0.6) is 28.7 Å². The van der Waals surface area contributed by atoms with Gasteiger partial charge in [0, 0.05) is 38.5 Å². The van der Waals surface area contributed by atoms with Crippen LogP contribution in [0.1, 0.15) is 20.8 Å². The van der Waals surface area contributed by atoms with Crippen molar-refractivity contribution >= 4 is 28.9 Å². The molecule has 172 valence electrons. The van der Waals surface area contributed by atoms with E-state index >= 15 is 0 Å². The van der Waals surface area contributed by atoms with Crippen LogP contribution in [0.4, 0.5) is 0 Å². The number of fused-ring (bicyclic) bond motifs is 1. The first-order valence-corrected chi connectivity index (χ1v) is 9.57. The van der Waals surface area contributed by atoms with Gasteiger partial charge in [-0.25, -0.2) is 0 Å². The van der Waals surface area contributed by atoms with E-state index in [1.165, 1.54) is 46.3 Å². The Morgan fingerprint density at radius 2 is 1.36 bits per heavy atom. The number of methoxy groups -OCH3 is 2. The molecule has 0 radical (unpaired) electrons. The van der Waals surface area contributed by atoms with E-state index in [-0.39, 0.29) is 39.7 Å². The van der Waals surface area contributed by atoms with E-state index in [0.717, 1.165) is 6.92 Å². The minimum atomic E-state index is -0.723. The summed E-state index contributed by atoms with van der Waals surface area (Å²) in [6.07, 6.45) is 0. The Kier molecular flexibility index (Phi) is 6.67. The fourth-order valence-corrected chi connectivity index (χ4v) is 3.12. The van der Waals surface area contributed by atoms with Crippen LogP contribution >= 0.6 is 0 Å². The van der Waals surface area contributed by atoms with Crippen molar-refractivity contribution in [1.29, 1.82) is 0 Å². The van der Waals surface area contributed by atoms with Gasteiger partial charge in [-0.3, -0.25) is 19.2 Å². The second-order valence-electron chi connectivity index (χ2n) is 6.73. The third kappa shape index (κ3) is 4.95. The van der Waals surface area contributed by atoms with E-state index in [9.17, 15) is 19.2 Å². The van der Waals surface area contributed by atoms with Gasteiger partial charge in [-0.15, -0.1) is 0 Å². The lowest BCUT2D eigenvalue weighted by atomic mass is 10.1. The van der Waals surface area contributed by atoms with Crippen molar-refractivity contribution in [2.75, 3.05) is 14.2 Å². The highest BCUT2D eigenvalue weighted by molar-refractivity contribution is 5.93. The molecule has 2 aromatic carbocycles. The van der Waals surface area contributed by atoms with Crippen LogP contribution in [0.2, 0.25) is 0 Å². The summed E-state index contributed by atoms with van der Waals surface area (Å²) >= 11 is 0. The first-order chi connectivity index (χ1) is 15.6. The standard InChI is InChI=1S/C23H20O10/c1-11(24)30-18-8-14(6-7-16(18)28-4)17-9-15(27)21-19(33-17)10-20(31-12(2)25)22(29-5)23(21)32-13(3)26/h6-10H,1-5H3. The zero-order chi connectivity index (χ0) is 24.3. The molecule has 3 aromatic rings. The van der Waals surface area contributed by atoms with Crippen LogP contribution < -0.4 is 29.1 Å². The zero-order valence-corrected chi connectivity index (χ0v) is 18.5. The van der Waals surface area contributed by atoms with E-state index in [4.69, 9.17) is 28.1 Å². The van der Waals surface area contributed by atoms with Gasteiger partial charge in [-0.2, -0.15) is 0 Å². The topological polar surface area (TPSA) is 128 Å². The maximum Gasteiger partial charge on any atom is 0.308 e. The molecule has 1 heterocycles. The first kappa shape index (κ1) is 23.3. The van der Waals surface area contributed by atoms with E-state index in [1.807, 2.05) is 0 Å². The number of esters is 3. The smallest absolute Gasteiger partial charge is 0.308 e. The van der Waals surface area contributed by atoms with Gasteiger partial charge in [0.1, 0.15) is 16.7 Å². The minimum Gasteiger partial charge on any atom is -0.493 e. The monoisotopic (exact) mass is 456 g/mol. The highest BCUT2D eigenvalue weighted by Crippen LogP contribution is 2.43. The molecule has 0 saturated carbocycles. The molecule has 0 aliphatic heterocycles. The van der Waals surface area contributed by atoms with Crippen molar-refractivity contribution in [1.82, 2.24) is 0 Å². The predicted octanol–water partition coefficient (Wildman–Crippen LogP) is 3.25. The Balaban J connectivity index is 2.29. The van der Waals surface area contributed by atoms with Crippen molar-refractivity contribution in [3.05, 3.63) is 40.6 Å². The fourth-order valence-electron chi connectivity index (χ4n) is 3.12. The molecule has 0 saturated heterocycles. The summed E-state index contributed by atoms with van der Waals surface area (Å²) in [5.41, 5.74) is -0.194. The van der Waals surface area contributed by atoms with Gasteiger partial charge in [0.25, 0.3) is 0 Å². The van der Waals surface area contributed by atoms with E-state index in [2.05, 4.69) is 0 Å². The third-order valence-electron chi connectivity index (χ3n) is 4.30. The van der Waals surface area contributed by atoms with Crippen molar-refractivity contribution < 1.29 is 42.5 Å². The molecule has 0 atom stereocenters. The van der Waals surface area contributed by atoms with Gasteiger partial charge in [-0.05, 0) is 18.2 Å². The Morgan fingerprint density at radius 1 is 0.727 bits per heavy atom. The lowest BCUT2D eigenvalue weighted by Crippen LogP contribution is -2.11. The minimum absolute atomic E-state index is 0.0318. The van der Waals surface area contributed by atoms with Crippen LogP contribution in [-0.2, 0) is 14.4 Å². The van der Waals surface area contributed by atoms with Gasteiger partial charge >= 0.3 is 17.9 Å². The summed E-state index contributed by atoms with van der Waals surface area (Å²) in [5, 5.41) is -0.0876. The molecule has 0 spiro atoms. The van der Waals surface area contributed by atoms with Gasteiger partial charge in [0.05, 0.1) is 14.2 Å². The summed E-state index contributed by atoms with van der Waals surface area (Å²) < 4.78 is 31.8. The SMILES string of the molecule is COc1ccc(-c2cc(=O)c3c(OC(C)=O)c(OC)c(OC(C)=O)cc3o2)cc1OC(C)=O. The van der Waals surface area contributed by atoms with Crippen LogP contribution in [0.25, 0.3) is 22.3 Å². The Morgan fingerprint density at radius 3 is 1.94 bits per heavy atom. The Hall–Kier alpha value is -4.34. The molecule has 0 N–H and O–H groups in total. The van der Waals surface area contributed by atoms with Gasteiger partial charge in [0.15, 0.2) is 28.4 Å². The zero-order valence-electron chi connectivity index (χ0n) is 18.5. The van der Waals surface area contributed by atoms with Crippen molar-refractivity contribution in [3.8, 4) is 40.1 Å². The van der Waals surface area contributed by atoms with E-state index in [1.54, 1.807) is 12.1 Å². The average Bonchev–Trinajstić information content (AvgIpc) is 2.72. The fraction of sp³-hybridized carbons (Fsp3) is 0.217. The van der Waals surface area contributed by atoms with Crippen molar-refractivity contribution in [2.24, 2.45) is 0 Å². The molecule has 1 aromatic heterocycles. The summed E-state index contributed by atoms with van der Waals surface area (Å²) in [6.45, 7) is 3.56. The Labute approximate surface area is 187 Å². The molecular weight excluding hydrogens is 436 g/mol. The number of carbonyl (C=O) groups is 3. The number of hydrogen-bond donors (Lipinski definition) is 0. The van der Waals surface area contributed by atoms with Crippen molar-refractivity contribution in [2.45, 2.75) is 20.8 Å². The molecule has 10 nitrogen and oxygen atoms in total. The maximum atomic E-state index is 13.0. The molecule has 3 rings (SSSR count). The van der Waals surface area contributed by atoms with E-state index in [0.29, 0.717) is 11.3 Å². The van der Waals surface area contributed by atoms with Crippen LogP contribution in [0.3, 0.4) is 0 Å². The molecular formula is C23H20O10. The molecule has 0 bridgehead atoms. The lowest BCUT2D eigenvalue weighted by molar-refractivity contribution is -0.133. The number of carbonyl (C=O) groups excluding carboxylic acids is 3. The molecule has 33 heavy (non-hydrogen) atoms. The largest absolute Gasteiger partial charge is 0.493 e. The molecule has 0 fully saturated rings. The number of benzene rings is 2. The highest BCUT2D eigenvalue weighted by Gasteiger charge is 2.24. The molecule has 0 aliphatic rings. The van der Waals surface area contributed by atoms with Crippen LogP contribution in [0.15, 0.2) is 39.5 Å². The molecule has 0 unspecified atom stereocenters.